The number of carbonyl (C=O) groups excluding carboxylic acids is 1. The van der Waals surface area contributed by atoms with Gasteiger partial charge in [-0.05, 0) is 67.2 Å². The Morgan fingerprint density at radius 2 is 1.91 bits per heavy atom. The zero-order valence-corrected chi connectivity index (χ0v) is 20.9. The van der Waals surface area contributed by atoms with E-state index in [0.29, 0.717) is 36.8 Å². The van der Waals surface area contributed by atoms with Crippen LogP contribution in [0.2, 0.25) is 0 Å². The number of halogens is 2. The van der Waals surface area contributed by atoms with Crippen LogP contribution in [0, 0.1) is 5.92 Å². The molecule has 35 heavy (non-hydrogen) atoms. The smallest absolute Gasteiger partial charge is 0.330 e. The number of rotatable bonds is 11. The van der Waals surface area contributed by atoms with Gasteiger partial charge in [0.05, 0.1) is 17.8 Å². The van der Waals surface area contributed by atoms with Crippen molar-refractivity contribution in [2.24, 2.45) is 5.92 Å². The van der Waals surface area contributed by atoms with Crippen LogP contribution in [-0.4, -0.2) is 46.3 Å². The van der Waals surface area contributed by atoms with Crippen molar-refractivity contribution in [2.75, 3.05) is 6.61 Å². The fourth-order valence-corrected chi connectivity index (χ4v) is 5.18. The van der Waals surface area contributed by atoms with Crippen molar-refractivity contribution >= 4 is 33.3 Å². The maximum Gasteiger partial charge on any atom is 0.330 e. The first-order valence-electron chi connectivity index (χ1n) is 11.9. The van der Waals surface area contributed by atoms with E-state index in [2.05, 4.69) is 11.9 Å². The zero-order chi connectivity index (χ0) is 25.8. The number of aliphatic carboxylic acids is 1. The second kappa shape index (κ2) is 11.0. The molecule has 1 saturated carbocycles. The molecule has 0 radical (unpaired) electrons. The Labute approximate surface area is 208 Å². The number of benzene rings is 1. The summed E-state index contributed by atoms with van der Waals surface area (Å²) in [6, 6.07) is 3.77. The lowest BCUT2D eigenvalue weighted by atomic mass is 9.87. The van der Waals surface area contributed by atoms with E-state index < -0.39 is 29.4 Å². The number of carboxylic acid groups (broad SMARTS) is 1. The third kappa shape index (κ3) is 6.58. The van der Waals surface area contributed by atoms with Gasteiger partial charge in [0.2, 0.25) is 5.92 Å². The topological polar surface area (TPSA) is 95.9 Å². The molecule has 3 rings (SSSR count). The molecule has 0 unspecified atom stereocenters. The first-order valence-corrected chi connectivity index (χ1v) is 12.8. The van der Waals surface area contributed by atoms with E-state index in [1.54, 1.807) is 26.0 Å². The van der Waals surface area contributed by atoms with Gasteiger partial charge in [0, 0.05) is 22.9 Å². The van der Waals surface area contributed by atoms with Crippen LogP contribution in [0.5, 0.6) is 5.75 Å². The minimum absolute atomic E-state index is 0.0382. The van der Waals surface area contributed by atoms with Gasteiger partial charge in [0.1, 0.15) is 11.8 Å². The first kappa shape index (κ1) is 27.1. The van der Waals surface area contributed by atoms with E-state index in [1.165, 1.54) is 11.3 Å². The van der Waals surface area contributed by atoms with E-state index in [1.807, 2.05) is 11.4 Å². The lowest BCUT2D eigenvalue weighted by molar-refractivity contribution is -0.138. The van der Waals surface area contributed by atoms with E-state index in [0.717, 1.165) is 4.70 Å². The number of hydrogen-bond acceptors (Lipinski definition) is 5. The molecular formula is C26H33F2NO5S. The number of alkyl halides is 2. The molecule has 1 fully saturated rings. The van der Waals surface area contributed by atoms with Gasteiger partial charge in [-0.2, -0.15) is 0 Å². The molecule has 1 aromatic heterocycles. The molecule has 1 aliphatic carbocycles. The molecule has 1 aromatic carbocycles. The summed E-state index contributed by atoms with van der Waals surface area (Å²) < 4.78 is 34.0. The summed E-state index contributed by atoms with van der Waals surface area (Å²) in [6.07, 6.45) is 1.20. The molecule has 2 aromatic rings. The van der Waals surface area contributed by atoms with Gasteiger partial charge < -0.3 is 20.3 Å². The molecule has 0 aliphatic heterocycles. The largest absolute Gasteiger partial charge is 0.492 e. The third-order valence-electron chi connectivity index (χ3n) is 6.93. The Morgan fingerprint density at radius 3 is 2.51 bits per heavy atom. The molecule has 1 atom stereocenters. The molecule has 1 heterocycles. The Balaban J connectivity index is 1.80. The average Bonchev–Trinajstić information content (AvgIpc) is 3.30. The predicted octanol–water partition coefficient (Wildman–Crippen LogP) is 5.79. The Morgan fingerprint density at radius 1 is 1.26 bits per heavy atom. The van der Waals surface area contributed by atoms with Crippen LogP contribution in [0.3, 0.4) is 0 Å². The monoisotopic (exact) mass is 509 g/mol. The molecule has 192 valence electrons. The van der Waals surface area contributed by atoms with E-state index >= 15 is 0 Å². The summed E-state index contributed by atoms with van der Waals surface area (Å²) in [4.78, 5) is 25.2. The minimum Gasteiger partial charge on any atom is -0.492 e. The maximum absolute atomic E-state index is 13.5. The average molecular weight is 510 g/mol. The summed E-state index contributed by atoms with van der Waals surface area (Å²) >= 11 is 1.47. The van der Waals surface area contributed by atoms with Gasteiger partial charge in [-0.25, -0.2) is 13.6 Å². The summed E-state index contributed by atoms with van der Waals surface area (Å²) in [6.45, 7) is 7.63. The Bertz CT molecular complexity index is 1070. The second-order valence-corrected chi connectivity index (χ2v) is 10.3. The summed E-state index contributed by atoms with van der Waals surface area (Å²) in [5.41, 5.74) is -0.743. The van der Waals surface area contributed by atoms with Gasteiger partial charge in [-0.3, -0.25) is 4.79 Å². The maximum atomic E-state index is 13.5. The number of ether oxygens (including phenoxy) is 1. The van der Waals surface area contributed by atoms with E-state index in [-0.39, 0.29) is 42.9 Å². The number of aliphatic hydroxyl groups is 1. The fourth-order valence-electron chi connectivity index (χ4n) is 4.39. The number of fused-ring (bicyclic) bond motifs is 1. The summed E-state index contributed by atoms with van der Waals surface area (Å²) in [5, 5.41) is 25.5. The molecule has 9 heteroatoms. The zero-order valence-electron chi connectivity index (χ0n) is 20.1. The molecule has 3 N–H and O–H groups in total. The van der Waals surface area contributed by atoms with Crippen LogP contribution >= 0.6 is 11.3 Å². The van der Waals surface area contributed by atoms with Crippen LogP contribution in [0.15, 0.2) is 35.7 Å². The highest BCUT2D eigenvalue weighted by Crippen LogP contribution is 2.38. The molecular weight excluding hydrogens is 476 g/mol. The highest BCUT2D eigenvalue weighted by Gasteiger charge is 2.35. The fraction of sp³-hybridized carbons (Fsp3) is 0.538. The van der Waals surface area contributed by atoms with Gasteiger partial charge in [-0.15, -0.1) is 11.3 Å². The standard InChI is InChI=1S/C26H33F2NO5S/c1-4-25(33,5-2)14-16(3)21(24(31)32)29-23(30)19-6-7-20-18(10-13-35-20)22(19)34-15-17-8-11-26(27,28)12-9-17/h6-7,10,13,17,21,33H,3-5,8-9,11-12,14-15H2,1-2H3,(H,29,30)(H,31,32)/t21-/m0/s1. The molecule has 0 bridgehead atoms. The SMILES string of the molecule is C=C(CC(O)(CC)CC)[C@H](NC(=O)c1ccc2sccc2c1OCC1CCC(F)(F)CC1)C(=O)O. The second-order valence-electron chi connectivity index (χ2n) is 9.40. The minimum atomic E-state index is -2.63. The van der Waals surface area contributed by atoms with Crippen molar-refractivity contribution in [3.8, 4) is 5.75 Å². The predicted molar refractivity (Wildman–Crippen MR) is 132 cm³/mol. The number of amides is 1. The lowest BCUT2D eigenvalue weighted by Crippen LogP contribution is -2.44. The van der Waals surface area contributed by atoms with Crippen LogP contribution in [0.4, 0.5) is 8.78 Å². The highest BCUT2D eigenvalue weighted by atomic mass is 32.1. The summed E-state index contributed by atoms with van der Waals surface area (Å²) in [5.74, 6) is -4.29. The van der Waals surface area contributed by atoms with Crippen LogP contribution in [0.1, 0.15) is 69.2 Å². The van der Waals surface area contributed by atoms with Crippen molar-refractivity contribution in [2.45, 2.75) is 76.4 Å². The Kier molecular flexibility index (Phi) is 8.54. The molecule has 0 saturated heterocycles. The van der Waals surface area contributed by atoms with Gasteiger partial charge in [-0.1, -0.05) is 20.4 Å². The van der Waals surface area contributed by atoms with E-state index in [4.69, 9.17) is 4.74 Å². The van der Waals surface area contributed by atoms with Crippen LogP contribution in [-0.2, 0) is 4.79 Å². The number of thiophene rings is 1. The van der Waals surface area contributed by atoms with Crippen molar-refractivity contribution in [1.82, 2.24) is 5.32 Å². The van der Waals surface area contributed by atoms with Crippen molar-refractivity contribution in [3.63, 3.8) is 0 Å². The van der Waals surface area contributed by atoms with Gasteiger partial charge >= 0.3 is 5.97 Å². The Hall–Kier alpha value is -2.52. The van der Waals surface area contributed by atoms with E-state index in [9.17, 15) is 28.6 Å². The molecule has 1 amide bonds. The number of carboxylic acids is 1. The van der Waals surface area contributed by atoms with Crippen molar-refractivity contribution in [3.05, 3.63) is 41.3 Å². The van der Waals surface area contributed by atoms with Crippen LogP contribution < -0.4 is 10.1 Å². The third-order valence-corrected chi connectivity index (χ3v) is 7.82. The number of nitrogens with one attached hydrogen (secondary N) is 1. The quantitative estimate of drug-likeness (QED) is 0.334. The van der Waals surface area contributed by atoms with Gasteiger partial charge in [0.15, 0.2) is 0 Å². The van der Waals surface area contributed by atoms with Crippen LogP contribution in [0.25, 0.3) is 10.1 Å². The molecule has 0 spiro atoms. The number of hydrogen-bond donors (Lipinski definition) is 3. The first-order chi connectivity index (χ1) is 16.5. The lowest BCUT2D eigenvalue weighted by Gasteiger charge is -2.29. The molecule has 6 nitrogen and oxygen atoms in total. The number of carbonyl (C=O) groups is 2. The van der Waals surface area contributed by atoms with Crippen molar-refractivity contribution in [1.29, 1.82) is 0 Å². The van der Waals surface area contributed by atoms with Gasteiger partial charge in [0.25, 0.3) is 5.91 Å². The highest BCUT2D eigenvalue weighted by molar-refractivity contribution is 7.17. The molecule has 1 aliphatic rings. The normalized spacial score (nSPS) is 17.2. The van der Waals surface area contributed by atoms with Crippen molar-refractivity contribution < 1.29 is 33.3 Å². The summed E-state index contributed by atoms with van der Waals surface area (Å²) in [7, 11) is 0.